The maximum Gasteiger partial charge on any atom is 0.322 e. The summed E-state index contributed by atoms with van der Waals surface area (Å²) in [6, 6.07) is 21.6. The van der Waals surface area contributed by atoms with Crippen LogP contribution in [0.15, 0.2) is 90.0 Å². The summed E-state index contributed by atoms with van der Waals surface area (Å²) < 4.78 is 33.6. The molecule has 0 aliphatic carbocycles. The van der Waals surface area contributed by atoms with Gasteiger partial charge in [-0.2, -0.15) is 4.72 Å². The molecule has 0 spiro atoms. The standard InChI is InChI=1S/C24H22N2O5S/c27-24(28)23(14-18-15-25-22-9-5-4-8-21(18)22)26-32(29,30)20-12-10-19(11-13-20)31-16-17-6-2-1-3-7-17/h1-13,15,23,25-26H,14,16H2,(H,27,28)/t23-/m0/s1. The summed E-state index contributed by atoms with van der Waals surface area (Å²) in [4.78, 5) is 14.8. The zero-order valence-corrected chi connectivity index (χ0v) is 17.9. The zero-order chi connectivity index (χ0) is 22.6. The van der Waals surface area contributed by atoms with Crippen molar-refractivity contribution >= 4 is 26.9 Å². The first-order valence-corrected chi connectivity index (χ1v) is 11.5. The van der Waals surface area contributed by atoms with E-state index in [4.69, 9.17) is 4.74 Å². The number of hydrogen-bond acceptors (Lipinski definition) is 4. The van der Waals surface area contributed by atoms with Crippen molar-refractivity contribution in [3.63, 3.8) is 0 Å². The van der Waals surface area contributed by atoms with Crippen LogP contribution in [-0.2, 0) is 27.8 Å². The number of carboxylic acid groups (broad SMARTS) is 1. The Morgan fingerprint density at radius 3 is 2.38 bits per heavy atom. The van der Waals surface area contributed by atoms with E-state index in [2.05, 4.69) is 9.71 Å². The molecular formula is C24H22N2O5S. The predicted molar refractivity (Wildman–Crippen MR) is 121 cm³/mol. The second-order valence-corrected chi connectivity index (χ2v) is 9.04. The molecule has 1 aromatic heterocycles. The molecule has 0 radical (unpaired) electrons. The summed E-state index contributed by atoms with van der Waals surface area (Å²) in [7, 11) is -4.04. The Labute approximate surface area is 185 Å². The van der Waals surface area contributed by atoms with Gasteiger partial charge in [-0.25, -0.2) is 8.42 Å². The number of sulfonamides is 1. The molecule has 0 aliphatic rings. The number of rotatable bonds is 9. The third-order valence-electron chi connectivity index (χ3n) is 5.08. The van der Waals surface area contributed by atoms with Crippen LogP contribution >= 0.6 is 0 Å². The van der Waals surface area contributed by atoms with E-state index in [0.717, 1.165) is 22.0 Å². The van der Waals surface area contributed by atoms with Gasteiger partial charge in [-0.1, -0.05) is 48.5 Å². The van der Waals surface area contributed by atoms with E-state index in [9.17, 15) is 18.3 Å². The fourth-order valence-electron chi connectivity index (χ4n) is 3.41. The van der Waals surface area contributed by atoms with Crippen LogP contribution in [0, 0.1) is 0 Å². The monoisotopic (exact) mass is 450 g/mol. The van der Waals surface area contributed by atoms with Crippen LogP contribution in [0.5, 0.6) is 5.75 Å². The molecule has 4 aromatic rings. The molecule has 8 heteroatoms. The van der Waals surface area contributed by atoms with Gasteiger partial charge in [0.25, 0.3) is 0 Å². The van der Waals surface area contributed by atoms with Crippen LogP contribution in [0.2, 0.25) is 0 Å². The number of ether oxygens (including phenoxy) is 1. The van der Waals surface area contributed by atoms with E-state index in [0.29, 0.717) is 12.4 Å². The van der Waals surface area contributed by atoms with E-state index in [-0.39, 0.29) is 11.3 Å². The van der Waals surface area contributed by atoms with Crippen molar-refractivity contribution in [2.75, 3.05) is 0 Å². The molecule has 0 saturated heterocycles. The van der Waals surface area contributed by atoms with Crippen LogP contribution in [0.25, 0.3) is 10.9 Å². The van der Waals surface area contributed by atoms with E-state index in [1.54, 1.807) is 18.3 Å². The Balaban J connectivity index is 1.46. The number of nitrogens with one attached hydrogen (secondary N) is 2. The molecule has 1 atom stereocenters. The first-order chi connectivity index (χ1) is 15.4. The van der Waals surface area contributed by atoms with Gasteiger partial charge < -0.3 is 14.8 Å². The van der Waals surface area contributed by atoms with Crippen molar-refractivity contribution in [2.24, 2.45) is 0 Å². The lowest BCUT2D eigenvalue weighted by molar-refractivity contribution is -0.138. The first kappa shape index (κ1) is 21.6. The minimum absolute atomic E-state index is 0.0108. The Hall–Kier alpha value is -3.62. The van der Waals surface area contributed by atoms with Crippen LogP contribution in [0.4, 0.5) is 0 Å². The molecule has 0 bridgehead atoms. The fraction of sp³-hybridized carbons (Fsp3) is 0.125. The zero-order valence-electron chi connectivity index (χ0n) is 17.1. The number of benzene rings is 3. The maximum atomic E-state index is 12.8. The average Bonchev–Trinajstić information content (AvgIpc) is 3.21. The third kappa shape index (κ3) is 4.99. The Bertz CT molecular complexity index is 1320. The quantitative estimate of drug-likeness (QED) is 0.360. The lowest BCUT2D eigenvalue weighted by Gasteiger charge is -2.15. The number of carbonyl (C=O) groups is 1. The van der Waals surface area contributed by atoms with Gasteiger partial charge in [0.2, 0.25) is 10.0 Å². The molecular weight excluding hydrogens is 428 g/mol. The van der Waals surface area contributed by atoms with Gasteiger partial charge in [0.15, 0.2) is 0 Å². The average molecular weight is 451 g/mol. The highest BCUT2D eigenvalue weighted by atomic mass is 32.2. The van der Waals surface area contributed by atoms with Gasteiger partial charge in [-0.05, 0) is 41.5 Å². The number of aromatic amines is 1. The van der Waals surface area contributed by atoms with Crippen molar-refractivity contribution in [2.45, 2.75) is 24.0 Å². The summed E-state index contributed by atoms with van der Waals surface area (Å²) in [6.45, 7) is 0.358. The summed E-state index contributed by atoms with van der Waals surface area (Å²) in [5.41, 5.74) is 2.58. The summed E-state index contributed by atoms with van der Waals surface area (Å²) in [5, 5.41) is 10.5. The van der Waals surface area contributed by atoms with Crippen molar-refractivity contribution < 1.29 is 23.1 Å². The molecule has 3 N–H and O–H groups in total. The number of H-pyrrole nitrogens is 1. The molecule has 0 aliphatic heterocycles. The number of aromatic nitrogens is 1. The largest absolute Gasteiger partial charge is 0.489 e. The predicted octanol–water partition coefficient (Wildman–Crippen LogP) is 3.72. The summed E-state index contributed by atoms with van der Waals surface area (Å²) in [5.74, 6) is -0.733. The number of carboxylic acids is 1. The lowest BCUT2D eigenvalue weighted by Crippen LogP contribution is -2.42. The highest BCUT2D eigenvalue weighted by Gasteiger charge is 2.26. The molecule has 7 nitrogen and oxygen atoms in total. The Morgan fingerprint density at radius 2 is 1.66 bits per heavy atom. The smallest absolute Gasteiger partial charge is 0.322 e. The number of aliphatic carboxylic acids is 1. The molecule has 0 amide bonds. The highest BCUT2D eigenvalue weighted by Crippen LogP contribution is 2.21. The second kappa shape index (κ2) is 9.25. The third-order valence-corrected chi connectivity index (χ3v) is 6.56. The van der Waals surface area contributed by atoms with Gasteiger partial charge >= 0.3 is 5.97 Å². The molecule has 0 saturated carbocycles. The number of hydrogen-bond donors (Lipinski definition) is 3. The topological polar surface area (TPSA) is 108 Å². The maximum absolute atomic E-state index is 12.8. The van der Waals surface area contributed by atoms with Crippen LogP contribution in [0.1, 0.15) is 11.1 Å². The van der Waals surface area contributed by atoms with Crippen molar-refractivity contribution in [3.8, 4) is 5.75 Å². The number of fused-ring (bicyclic) bond motifs is 1. The molecule has 32 heavy (non-hydrogen) atoms. The van der Waals surface area contributed by atoms with Crippen molar-refractivity contribution in [1.82, 2.24) is 9.71 Å². The molecule has 0 fully saturated rings. The van der Waals surface area contributed by atoms with Gasteiger partial charge in [0.05, 0.1) is 4.90 Å². The van der Waals surface area contributed by atoms with Crippen LogP contribution in [-0.4, -0.2) is 30.5 Å². The first-order valence-electron chi connectivity index (χ1n) is 9.99. The molecule has 164 valence electrons. The molecule has 4 rings (SSSR count). The van der Waals surface area contributed by atoms with Crippen LogP contribution in [0.3, 0.4) is 0 Å². The summed E-state index contributed by atoms with van der Waals surface area (Å²) in [6.07, 6.45) is 1.71. The lowest BCUT2D eigenvalue weighted by atomic mass is 10.1. The van der Waals surface area contributed by atoms with Crippen LogP contribution < -0.4 is 9.46 Å². The second-order valence-electron chi connectivity index (χ2n) is 7.32. The SMILES string of the molecule is O=C(O)[C@H](Cc1c[nH]c2ccccc12)NS(=O)(=O)c1ccc(OCc2ccccc2)cc1. The molecule has 1 heterocycles. The van der Waals surface area contributed by atoms with E-state index < -0.39 is 22.0 Å². The highest BCUT2D eigenvalue weighted by molar-refractivity contribution is 7.89. The molecule has 0 unspecified atom stereocenters. The minimum Gasteiger partial charge on any atom is -0.489 e. The fourth-order valence-corrected chi connectivity index (χ4v) is 4.60. The number of para-hydroxylation sites is 1. The van der Waals surface area contributed by atoms with E-state index in [1.807, 2.05) is 54.6 Å². The van der Waals surface area contributed by atoms with Gasteiger partial charge in [0.1, 0.15) is 18.4 Å². The Morgan fingerprint density at radius 1 is 0.969 bits per heavy atom. The van der Waals surface area contributed by atoms with Gasteiger partial charge in [-0.3, -0.25) is 4.79 Å². The van der Waals surface area contributed by atoms with E-state index >= 15 is 0 Å². The van der Waals surface area contributed by atoms with Gasteiger partial charge in [-0.15, -0.1) is 0 Å². The van der Waals surface area contributed by atoms with E-state index in [1.165, 1.54) is 12.1 Å². The molecule has 3 aromatic carbocycles. The Kier molecular flexibility index (Phi) is 6.25. The normalized spacial score (nSPS) is 12.5. The van der Waals surface area contributed by atoms with Gasteiger partial charge in [0, 0.05) is 23.5 Å². The van der Waals surface area contributed by atoms with Crippen molar-refractivity contribution in [3.05, 3.63) is 96.2 Å². The van der Waals surface area contributed by atoms with Crippen molar-refractivity contribution in [1.29, 1.82) is 0 Å². The summed E-state index contributed by atoms with van der Waals surface area (Å²) >= 11 is 0. The minimum atomic E-state index is -4.04.